The van der Waals surface area contributed by atoms with Crippen molar-refractivity contribution in [2.75, 3.05) is 27.4 Å². The minimum absolute atomic E-state index is 0.0262. The molecule has 4 rings (SSSR count). The van der Waals surface area contributed by atoms with Crippen molar-refractivity contribution in [1.29, 1.82) is 0 Å². The minimum atomic E-state index is -2.43. The summed E-state index contributed by atoms with van der Waals surface area (Å²) in [5, 5.41) is 35.4. The Hall–Kier alpha value is -3.48. The van der Waals surface area contributed by atoms with Crippen LogP contribution in [-0.2, 0) is 42.9 Å². The normalized spacial score (nSPS) is 38.9. The lowest BCUT2D eigenvalue weighted by molar-refractivity contribution is -0.265. The second kappa shape index (κ2) is 27.8. The maximum Gasteiger partial charge on any atom is 0.329 e. The second-order valence-corrected chi connectivity index (χ2v) is 20.4. The van der Waals surface area contributed by atoms with E-state index in [2.05, 4.69) is 11.8 Å². The van der Waals surface area contributed by atoms with Crippen molar-refractivity contribution in [3.8, 4) is 11.8 Å². The Balaban J connectivity index is 1.72. The van der Waals surface area contributed by atoms with E-state index in [-0.39, 0.29) is 49.7 Å². The van der Waals surface area contributed by atoms with E-state index < -0.39 is 83.9 Å². The van der Waals surface area contributed by atoms with E-state index in [1.807, 2.05) is 71.9 Å². The number of allylic oxidation sites excluding steroid dienone is 5. The Morgan fingerprint density at radius 1 is 0.868 bits per heavy atom. The van der Waals surface area contributed by atoms with Crippen LogP contribution in [0.3, 0.4) is 0 Å². The SMILES string of the molecule is CCC#CCO[C@H]1C[C@@H]2CC[C@@H](C)[C@@](O)(O2)C(=O)C(=O)N2CCCC[C@H]2C(=O)O[C@H]([C@H](C)CC2CCC[C@H](OC)C2)C[C@H](O)[C@H](C)/C=C(\C)[C@@H](O)[C@@H](OC)C(=O)[C@H](C)C[C@H](C)/C=C/C=C/C=C/1C. The van der Waals surface area contributed by atoms with Crippen LogP contribution in [0.4, 0.5) is 0 Å². The summed E-state index contributed by atoms with van der Waals surface area (Å²) >= 11 is 0. The van der Waals surface area contributed by atoms with Gasteiger partial charge in [0.25, 0.3) is 11.7 Å². The van der Waals surface area contributed by atoms with E-state index in [4.69, 9.17) is 23.7 Å². The molecule has 13 heteroatoms. The van der Waals surface area contributed by atoms with Crippen molar-refractivity contribution < 1.29 is 58.2 Å². The predicted octanol–water partition coefficient (Wildman–Crippen LogP) is 7.79. The fraction of sp³-hybridized carbons (Fsp3) is 0.745. The first-order valence-electron chi connectivity index (χ1n) is 25.5. The number of carbonyl (C=O) groups excluding carboxylic acids is 4. The molecule has 0 aromatic heterocycles. The summed E-state index contributed by atoms with van der Waals surface area (Å²) in [6, 6.07) is -1.09. The lowest BCUT2D eigenvalue weighted by atomic mass is 9.79. The van der Waals surface area contributed by atoms with Crippen molar-refractivity contribution >= 4 is 23.4 Å². The van der Waals surface area contributed by atoms with E-state index in [1.165, 1.54) is 12.0 Å². The molecule has 4 aliphatic rings. The number of cyclic esters (lactones) is 1. The summed E-state index contributed by atoms with van der Waals surface area (Å²) in [4.78, 5) is 58.2. The Kier molecular flexibility index (Phi) is 23.3. The number of amides is 1. The topological polar surface area (TPSA) is 178 Å². The standard InChI is InChI=1S/C55H85NO12/c1-11-12-18-28-66-47-33-44-26-25-41(8)55(63,68-44)52(60)53(61)56-27-17-16-24-45(56)54(62)67-48(38(5)31-42-22-19-23-43(32-42)64-9)34-46(57)37(4)30-40(7)50(59)51(65-10)49(58)39(6)29-35(2)20-14-13-15-21-36(47)3/h13-15,20-21,30,35,37-39,41-48,50-51,57,59,63H,11,16-17,19,22-29,31-34H2,1-10H3/b15-13+,20-14+,36-21+,40-30+/t35-,37-,38-,39-,41-,42?,43+,44+,45+,46+,47+,48+,50-,51+,55-/m1/s1. The number of piperidine rings is 1. The van der Waals surface area contributed by atoms with Crippen molar-refractivity contribution in [3.05, 3.63) is 47.6 Å². The van der Waals surface area contributed by atoms with Crippen molar-refractivity contribution in [1.82, 2.24) is 4.90 Å². The fourth-order valence-electron chi connectivity index (χ4n) is 10.5. The minimum Gasteiger partial charge on any atom is -0.460 e. The zero-order valence-corrected chi connectivity index (χ0v) is 42.8. The number of hydrogen-bond donors (Lipinski definition) is 3. The number of rotatable bonds is 7. The quantitative estimate of drug-likeness (QED) is 0.0979. The van der Waals surface area contributed by atoms with Gasteiger partial charge < -0.3 is 43.9 Å². The van der Waals surface area contributed by atoms with Gasteiger partial charge >= 0.3 is 5.97 Å². The molecule has 3 aliphatic heterocycles. The second-order valence-electron chi connectivity index (χ2n) is 20.4. The average molecular weight is 952 g/mol. The summed E-state index contributed by atoms with van der Waals surface area (Å²) in [6.45, 7) is 15.3. The Morgan fingerprint density at radius 3 is 2.32 bits per heavy atom. The van der Waals surface area contributed by atoms with Crippen LogP contribution >= 0.6 is 0 Å². The van der Waals surface area contributed by atoms with Gasteiger partial charge in [0.15, 0.2) is 5.78 Å². The molecule has 0 spiro atoms. The number of methoxy groups -OCH3 is 2. The first-order valence-corrected chi connectivity index (χ1v) is 25.5. The van der Waals surface area contributed by atoms with E-state index >= 15 is 0 Å². The van der Waals surface area contributed by atoms with Crippen molar-refractivity contribution in [3.63, 3.8) is 0 Å². The van der Waals surface area contributed by atoms with Crippen LogP contribution in [0.1, 0.15) is 145 Å². The summed E-state index contributed by atoms with van der Waals surface area (Å²) in [7, 11) is 3.14. The summed E-state index contributed by atoms with van der Waals surface area (Å²) in [5.41, 5.74) is 1.34. The van der Waals surface area contributed by atoms with Crippen LogP contribution in [0.15, 0.2) is 47.6 Å². The van der Waals surface area contributed by atoms with Gasteiger partial charge in [-0.1, -0.05) is 96.8 Å². The number of carbonyl (C=O) groups is 4. The molecule has 3 fully saturated rings. The Morgan fingerprint density at radius 2 is 1.62 bits per heavy atom. The highest BCUT2D eigenvalue weighted by Crippen LogP contribution is 2.38. The molecule has 1 saturated carbocycles. The molecular formula is C55H85NO12. The zero-order valence-electron chi connectivity index (χ0n) is 42.8. The number of hydrogen-bond acceptors (Lipinski definition) is 12. The number of Topliss-reactive ketones (excluding diaryl/α,β-unsaturated/α-hetero) is 2. The van der Waals surface area contributed by atoms with Gasteiger partial charge in [-0.2, -0.15) is 0 Å². The molecule has 3 N–H and O–H groups in total. The van der Waals surface area contributed by atoms with Gasteiger partial charge in [0, 0.05) is 57.8 Å². The molecule has 2 saturated heterocycles. The number of ketones is 2. The third-order valence-electron chi connectivity index (χ3n) is 14.9. The summed E-state index contributed by atoms with van der Waals surface area (Å²) < 4.78 is 30.2. The average Bonchev–Trinajstić information content (AvgIpc) is 3.32. The summed E-state index contributed by atoms with van der Waals surface area (Å²) in [6.07, 6.45) is 14.8. The molecule has 382 valence electrons. The van der Waals surface area contributed by atoms with Gasteiger partial charge in [-0.05, 0) is 101 Å². The molecular weight excluding hydrogens is 867 g/mol. The predicted molar refractivity (Wildman–Crippen MR) is 262 cm³/mol. The molecule has 3 heterocycles. The number of esters is 1. The molecule has 1 unspecified atom stereocenters. The van der Waals surface area contributed by atoms with Crippen molar-refractivity contribution in [2.45, 2.75) is 200 Å². The van der Waals surface area contributed by atoms with Crippen LogP contribution in [0.5, 0.6) is 0 Å². The van der Waals surface area contributed by atoms with Gasteiger partial charge in [0.2, 0.25) is 5.79 Å². The lowest BCUT2D eigenvalue weighted by Crippen LogP contribution is -2.61. The Labute approximate surface area is 407 Å². The van der Waals surface area contributed by atoms with Crippen molar-refractivity contribution in [2.24, 2.45) is 35.5 Å². The third-order valence-corrected chi connectivity index (χ3v) is 14.9. The van der Waals surface area contributed by atoms with Crippen LogP contribution in [0.25, 0.3) is 0 Å². The largest absolute Gasteiger partial charge is 0.460 e. The van der Waals surface area contributed by atoms with E-state index in [9.17, 15) is 34.5 Å². The molecule has 0 radical (unpaired) electrons. The highest BCUT2D eigenvalue weighted by atomic mass is 16.6. The summed E-state index contributed by atoms with van der Waals surface area (Å²) in [5.74, 6) is -0.879. The van der Waals surface area contributed by atoms with Crippen LogP contribution in [-0.4, -0.2) is 126 Å². The van der Waals surface area contributed by atoms with Gasteiger partial charge in [-0.15, -0.1) is 5.92 Å². The smallest absolute Gasteiger partial charge is 0.329 e. The first kappa shape index (κ1) is 57.1. The zero-order chi connectivity index (χ0) is 50.1. The maximum atomic E-state index is 14.5. The van der Waals surface area contributed by atoms with E-state index in [0.29, 0.717) is 56.4 Å². The molecule has 1 amide bonds. The monoisotopic (exact) mass is 952 g/mol. The van der Waals surface area contributed by atoms with Crippen LogP contribution in [0.2, 0.25) is 0 Å². The lowest BCUT2D eigenvalue weighted by Gasteiger charge is -2.43. The van der Waals surface area contributed by atoms with E-state index in [0.717, 1.165) is 37.7 Å². The number of fused-ring (bicyclic) bond motifs is 3. The van der Waals surface area contributed by atoms with Gasteiger partial charge in [0.1, 0.15) is 31.0 Å². The van der Waals surface area contributed by atoms with Crippen LogP contribution < -0.4 is 0 Å². The van der Waals surface area contributed by atoms with E-state index in [1.54, 1.807) is 27.0 Å². The number of aliphatic hydroxyl groups is 3. The molecule has 0 aromatic carbocycles. The molecule has 2 bridgehead atoms. The number of nitrogens with zero attached hydrogens (tertiary/aromatic N) is 1. The van der Waals surface area contributed by atoms with Gasteiger partial charge in [0.05, 0.1) is 24.4 Å². The first-order chi connectivity index (χ1) is 32.3. The van der Waals surface area contributed by atoms with Gasteiger partial charge in [-0.25, -0.2) is 4.79 Å². The number of aliphatic hydroxyl groups excluding tert-OH is 2. The number of ether oxygens (including phenoxy) is 5. The van der Waals surface area contributed by atoms with Crippen LogP contribution in [0, 0.1) is 47.3 Å². The third kappa shape index (κ3) is 16.0. The maximum absolute atomic E-state index is 14.5. The highest BCUT2D eigenvalue weighted by Gasteiger charge is 2.53. The molecule has 68 heavy (non-hydrogen) atoms. The molecule has 13 nitrogen and oxygen atoms in total. The van der Waals surface area contributed by atoms with Gasteiger partial charge in [-0.3, -0.25) is 14.4 Å². The fourth-order valence-corrected chi connectivity index (χ4v) is 10.5. The Bertz CT molecular complexity index is 1850. The highest BCUT2D eigenvalue weighted by molar-refractivity contribution is 6.39. The molecule has 15 atom stereocenters. The molecule has 1 aliphatic carbocycles. The molecule has 0 aromatic rings.